The van der Waals surface area contributed by atoms with E-state index in [1.165, 1.54) is 167 Å². The molecule has 9 heteroatoms. The SMILES string of the molecule is C=C(C)CC(=O)CCC(C)C1CCC2C3C[C@H](O)[C@@H]4C[C@H](O)CCC4(C)C3CCC12C.CC(C)CCCC(C)C1CCC2C3CC=C4CC(O)CCC4(C)C3CCC12C.CC(C)CCCC(C)C1CCC2C3CC=C4CC(O)CCC4(C)C3CCC12C.CCNC(=O)CCC(C)C1CCC2C3C[C@H](O)[C@@H]4C[C@H](O)CCC4(C)C3CCC12C. The van der Waals surface area contributed by atoms with Crippen molar-refractivity contribution in [2.24, 2.45) is 185 Å². The van der Waals surface area contributed by atoms with Crippen LogP contribution in [0.4, 0.5) is 0 Å². The van der Waals surface area contributed by atoms with E-state index in [1.54, 1.807) is 11.1 Å². The van der Waals surface area contributed by atoms with Crippen LogP contribution in [-0.4, -0.2) is 85.5 Å². The van der Waals surface area contributed by atoms with E-state index in [2.05, 4.69) is 135 Å². The highest BCUT2D eigenvalue weighted by Gasteiger charge is 2.67. The summed E-state index contributed by atoms with van der Waals surface area (Å²) in [6, 6.07) is 0. The molecule has 30 unspecified atom stereocenters. The van der Waals surface area contributed by atoms with Gasteiger partial charge in [-0.2, -0.15) is 0 Å². The van der Waals surface area contributed by atoms with E-state index in [0.29, 0.717) is 117 Å². The summed E-state index contributed by atoms with van der Waals surface area (Å²) < 4.78 is 0. The number of ketones is 1. The molecule has 7 N–H and O–H groups in total. The van der Waals surface area contributed by atoms with Crippen LogP contribution in [0.3, 0.4) is 0 Å². The second kappa shape index (κ2) is 37.2. The summed E-state index contributed by atoms with van der Waals surface area (Å²) in [5.74, 6) is 18.7. The third-order valence-electron chi connectivity index (χ3n) is 42.0. The summed E-state index contributed by atoms with van der Waals surface area (Å²) >= 11 is 0. The standard InChI is InChI=1S/C28H46O3.2C27H46O.C26H45NO3/c1-17(2)14-19(29)7-6-18(3)22-8-9-23-21-16-26(31)25-15-20(30)10-12-28(25,5)24(21)11-13-27(22,23)4;2*1-18(2)7-6-8-19(3)23-11-12-24-22-10-9-20-17-21(28)13-15-26(20,4)25(22)14-16-27(23,24)5;1-5-27-24(30)9-6-16(2)19-7-8-20-18-15-23(29)22-14-17(28)10-12-26(22,4)21(18)11-13-25(19,20)3/h18,20-26,30-31H,1,6-16H2,2-5H3;2*9,18-19,21-25,28H,6-8,10-17H2,1-5H3;16-23,28-29H,5-15H2,1-4H3,(H,27,30)/t18?,20-,21?,22?,23?,24?,25+,26+,27?,28?;;;16?,17-,18?,19?,20?,21?,22+,23+,25?,26?/m1..1/s1. The van der Waals surface area contributed by atoms with Crippen LogP contribution in [0.15, 0.2) is 35.5 Å². The first-order valence-electron chi connectivity index (χ1n) is 51.2. The first-order chi connectivity index (χ1) is 55.3. The number of aliphatic hydroxyl groups is 6. The number of carbonyl (C=O) groups is 2. The van der Waals surface area contributed by atoms with E-state index in [9.17, 15) is 40.2 Å². The molecule has 0 aromatic heterocycles. The number of hydrogen-bond donors (Lipinski definition) is 7. The van der Waals surface area contributed by atoms with Crippen LogP contribution in [0.5, 0.6) is 0 Å². The lowest BCUT2D eigenvalue weighted by molar-refractivity contribution is -0.172. The number of aliphatic hydroxyl groups excluding tert-OH is 6. The molecule has 668 valence electrons. The summed E-state index contributed by atoms with van der Waals surface area (Å²) in [6.45, 7) is 48.4. The van der Waals surface area contributed by atoms with Crippen molar-refractivity contribution in [1.29, 1.82) is 0 Å². The molecule has 16 aliphatic rings. The Bertz CT molecular complexity index is 3290. The third-order valence-corrected chi connectivity index (χ3v) is 42.0. The van der Waals surface area contributed by atoms with Crippen molar-refractivity contribution in [2.45, 2.75) is 437 Å². The predicted octanol–water partition coefficient (Wildman–Crippen LogP) is 25.2. The summed E-state index contributed by atoms with van der Waals surface area (Å²) in [6.07, 6.45) is 55.0. The van der Waals surface area contributed by atoms with Crippen LogP contribution in [0.25, 0.3) is 0 Å². The van der Waals surface area contributed by atoms with Crippen molar-refractivity contribution in [1.82, 2.24) is 5.32 Å². The van der Waals surface area contributed by atoms with Gasteiger partial charge in [-0.15, -0.1) is 0 Å². The topological polar surface area (TPSA) is 168 Å². The average Bonchev–Trinajstić information content (AvgIpc) is 1.72. The maximum Gasteiger partial charge on any atom is 0.219 e. The molecule has 0 saturated heterocycles. The van der Waals surface area contributed by atoms with Crippen molar-refractivity contribution in [3.05, 3.63) is 35.5 Å². The van der Waals surface area contributed by atoms with Crippen molar-refractivity contribution < 1.29 is 40.2 Å². The van der Waals surface area contributed by atoms with Crippen molar-refractivity contribution in [2.75, 3.05) is 6.54 Å². The van der Waals surface area contributed by atoms with Gasteiger partial charge in [-0.3, -0.25) is 9.59 Å². The molecule has 1 amide bonds. The first kappa shape index (κ1) is 92.8. The third kappa shape index (κ3) is 18.2. The minimum atomic E-state index is -0.250. The van der Waals surface area contributed by atoms with Gasteiger partial charge < -0.3 is 36.0 Å². The Hall–Kier alpha value is -1.88. The predicted molar refractivity (Wildman–Crippen MR) is 483 cm³/mol. The van der Waals surface area contributed by atoms with Crippen LogP contribution in [0.1, 0.15) is 401 Å². The highest BCUT2D eigenvalue weighted by Crippen LogP contribution is 2.74. The Kier molecular flexibility index (Phi) is 29.5. The molecule has 14 saturated carbocycles. The molecule has 36 atom stereocenters. The fourth-order valence-corrected chi connectivity index (χ4v) is 35.7. The number of amides is 1. The van der Waals surface area contributed by atoms with E-state index in [4.69, 9.17) is 0 Å². The highest BCUT2D eigenvalue weighted by molar-refractivity contribution is 5.80. The minimum absolute atomic E-state index is 0.0766. The average molecular weight is 1620 g/mol. The molecule has 0 aliphatic heterocycles. The summed E-state index contributed by atoms with van der Waals surface area (Å²) in [5, 5.41) is 66.2. The normalized spacial score (nSPS) is 47.5. The fourth-order valence-electron chi connectivity index (χ4n) is 35.7. The monoisotopic (exact) mass is 1620 g/mol. The minimum Gasteiger partial charge on any atom is -0.393 e. The molecule has 0 spiro atoms. The molecule has 0 bridgehead atoms. The number of rotatable bonds is 21. The van der Waals surface area contributed by atoms with Crippen molar-refractivity contribution >= 4 is 11.7 Å². The Morgan fingerprint density at radius 1 is 0.385 bits per heavy atom. The van der Waals surface area contributed by atoms with E-state index >= 15 is 0 Å². The zero-order valence-electron chi connectivity index (χ0n) is 78.8. The summed E-state index contributed by atoms with van der Waals surface area (Å²) in [5.41, 5.74) is 7.29. The molecule has 0 aromatic carbocycles. The summed E-state index contributed by atoms with van der Waals surface area (Å²) in [4.78, 5) is 24.2. The van der Waals surface area contributed by atoms with Crippen molar-refractivity contribution in [3.63, 3.8) is 0 Å². The van der Waals surface area contributed by atoms with E-state index in [-0.39, 0.29) is 65.2 Å². The van der Waals surface area contributed by atoms with Gasteiger partial charge in [-0.1, -0.05) is 185 Å². The van der Waals surface area contributed by atoms with E-state index < -0.39 is 0 Å². The van der Waals surface area contributed by atoms with Crippen LogP contribution < -0.4 is 5.32 Å². The molecule has 0 radical (unpaired) electrons. The van der Waals surface area contributed by atoms with Crippen molar-refractivity contribution in [3.8, 4) is 0 Å². The second-order valence-corrected chi connectivity index (χ2v) is 48.9. The second-order valence-electron chi connectivity index (χ2n) is 48.9. The molecule has 117 heavy (non-hydrogen) atoms. The number of Topliss-reactive ketones (excluding diaryl/α,β-unsaturated/α-hetero) is 1. The Morgan fingerprint density at radius 2 is 0.709 bits per heavy atom. The molecule has 0 heterocycles. The van der Waals surface area contributed by atoms with Gasteiger partial charge in [0.05, 0.1) is 36.6 Å². The maximum absolute atomic E-state index is 12.2. The zero-order valence-corrected chi connectivity index (χ0v) is 78.8. The Balaban J connectivity index is 0.000000136. The van der Waals surface area contributed by atoms with Gasteiger partial charge in [0.1, 0.15) is 5.78 Å². The molecular formula is C108H183NO8. The number of nitrogens with one attached hydrogen (secondary N) is 1. The molecule has 16 rings (SSSR count). The Morgan fingerprint density at radius 3 is 1.07 bits per heavy atom. The fraction of sp³-hybridized carbons (Fsp3) is 0.926. The van der Waals surface area contributed by atoms with Crippen LogP contribution >= 0.6 is 0 Å². The number of hydrogen-bond acceptors (Lipinski definition) is 8. The van der Waals surface area contributed by atoms with E-state index in [0.717, 1.165) is 173 Å². The summed E-state index contributed by atoms with van der Waals surface area (Å²) in [7, 11) is 0. The lowest BCUT2D eigenvalue weighted by Crippen LogP contribution is -2.58. The lowest BCUT2D eigenvalue weighted by Gasteiger charge is -2.62. The largest absolute Gasteiger partial charge is 0.393 e. The number of allylic oxidation sites excluding steroid dienone is 3. The van der Waals surface area contributed by atoms with Gasteiger partial charge in [0.2, 0.25) is 5.91 Å². The number of carbonyl (C=O) groups excluding carboxylic acids is 2. The smallest absolute Gasteiger partial charge is 0.219 e. The van der Waals surface area contributed by atoms with Gasteiger partial charge in [0.15, 0.2) is 0 Å². The molecule has 9 nitrogen and oxygen atoms in total. The van der Waals surface area contributed by atoms with E-state index in [1.807, 2.05) is 13.8 Å². The first-order valence-corrected chi connectivity index (χ1v) is 51.2. The Labute approximate surface area is 717 Å². The van der Waals surface area contributed by atoms with Crippen LogP contribution in [0.2, 0.25) is 0 Å². The van der Waals surface area contributed by atoms with Crippen LogP contribution in [-0.2, 0) is 9.59 Å². The molecule has 16 aliphatic carbocycles. The van der Waals surface area contributed by atoms with Gasteiger partial charge in [0, 0.05) is 25.8 Å². The highest BCUT2D eigenvalue weighted by atomic mass is 16.3. The van der Waals surface area contributed by atoms with Gasteiger partial charge in [0.25, 0.3) is 0 Å². The maximum atomic E-state index is 12.2. The lowest BCUT2D eigenvalue weighted by atomic mass is 9.43. The quantitative estimate of drug-likeness (QED) is 0.0558. The molecule has 14 fully saturated rings. The van der Waals surface area contributed by atoms with Gasteiger partial charge in [-0.25, -0.2) is 0 Å². The van der Waals surface area contributed by atoms with Gasteiger partial charge in [-0.05, 0) is 418 Å². The number of fused-ring (bicyclic) bond motifs is 20. The zero-order chi connectivity index (χ0) is 84.4. The van der Waals surface area contributed by atoms with Crippen LogP contribution in [0, 0.1) is 185 Å². The molecule has 0 aromatic rings. The van der Waals surface area contributed by atoms with Gasteiger partial charge >= 0.3 is 0 Å². The molecular weight excluding hydrogens is 1440 g/mol.